The van der Waals surface area contributed by atoms with Crippen LogP contribution in [0.15, 0.2) is 18.2 Å². The third-order valence-corrected chi connectivity index (χ3v) is 5.58. The van der Waals surface area contributed by atoms with Crippen molar-refractivity contribution in [2.24, 2.45) is 0 Å². The van der Waals surface area contributed by atoms with Gasteiger partial charge in [-0.15, -0.1) is 0 Å². The highest BCUT2D eigenvalue weighted by Gasteiger charge is 2.16. The van der Waals surface area contributed by atoms with Crippen LogP contribution >= 0.6 is 11.9 Å². The smallest absolute Gasteiger partial charge is 0.119 e. The Bertz CT molecular complexity index is 474. The third-order valence-electron chi connectivity index (χ3n) is 4.75. The molecule has 122 valence electrons. The van der Waals surface area contributed by atoms with Gasteiger partial charge in [0.25, 0.3) is 0 Å². The van der Waals surface area contributed by atoms with Gasteiger partial charge < -0.3 is 9.64 Å². The van der Waals surface area contributed by atoms with Crippen LogP contribution in [0, 0.1) is 0 Å². The van der Waals surface area contributed by atoms with Gasteiger partial charge in [0.1, 0.15) is 5.75 Å². The highest BCUT2D eigenvalue weighted by molar-refractivity contribution is 7.96. The molecule has 0 atom stereocenters. The molecule has 2 aliphatic rings. The molecule has 0 saturated carbocycles. The lowest BCUT2D eigenvalue weighted by Crippen LogP contribution is -2.31. The van der Waals surface area contributed by atoms with Crippen LogP contribution in [-0.4, -0.2) is 48.2 Å². The molecule has 3 nitrogen and oxygen atoms in total. The number of likely N-dealkylation sites (tertiary alicyclic amines) is 1. The Morgan fingerprint density at radius 3 is 2.77 bits per heavy atom. The summed E-state index contributed by atoms with van der Waals surface area (Å²) < 4.78 is 8.40. The van der Waals surface area contributed by atoms with E-state index in [0.717, 1.165) is 38.3 Å². The van der Waals surface area contributed by atoms with Crippen LogP contribution < -0.4 is 4.74 Å². The van der Waals surface area contributed by atoms with Gasteiger partial charge in [0.05, 0.1) is 6.61 Å². The summed E-state index contributed by atoms with van der Waals surface area (Å²) in [7, 11) is 0. The summed E-state index contributed by atoms with van der Waals surface area (Å²) in [4.78, 5) is 2.58. The number of nitrogens with zero attached hydrogens (tertiary/aromatic N) is 2. The molecule has 22 heavy (non-hydrogen) atoms. The lowest BCUT2D eigenvalue weighted by atomic mass is 10.0. The molecule has 0 aromatic heterocycles. The van der Waals surface area contributed by atoms with Crippen molar-refractivity contribution in [2.75, 3.05) is 39.0 Å². The maximum Gasteiger partial charge on any atom is 0.119 e. The first kappa shape index (κ1) is 16.2. The van der Waals surface area contributed by atoms with Crippen molar-refractivity contribution >= 4 is 11.9 Å². The van der Waals surface area contributed by atoms with Gasteiger partial charge in [-0.05, 0) is 68.3 Å². The molecule has 3 rings (SSSR count). The summed E-state index contributed by atoms with van der Waals surface area (Å²) in [6.07, 6.45) is 8.61. The van der Waals surface area contributed by atoms with Crippen molar-refractivity contribution in [2.45, 2.75) is 38.6 Å². The topological polar surface area (TPSA) is 15.7 Å². The first-order chi connectivity index (χ1) is 10.8. The summed E-state index contributed by atoms with van der Waals surface area (Å²) in [5.41, 5.74) is 2.93. The third kappa shape index (κ3) is 4.40. The fourth-order valence-corrected chi connectivity index (χ4v) is 3.96. The summed E-state index contributed by atoms with van der Waals surface area (Å²) in [5, 5.41) is 0. The van der Waals surface area contributed by atoms with E-state index in [4.69, 9.17) is 4.74 Å². The Labute approximate surface area is 139 Å². The van der Waals surface area contributed by atoms with Crippen LogP contribution in [0.5, 0.6) is 5.75 Å². The van der Waals surface area contributed by atoms with Gasteiger partial charge in [-0.25, -0.2) is 4.31 Å². The lowest BCUT2D eigenvalue weighted by molar-refractivity contribution is 0.205. The summed E-state index contributed by atoms with van der Waals surface area (Å²) in [6, 6.07) is 6.65. The second-order valence-corrected chi connectivity index (χ2v) is 7.21. The number of piperidine rings is 1. The van der Waals surface area contributed by atoms with Gasteiger partial charge in [0.2, 0.25) is 0 Å². The lowest BCUT2D eigenvalue weighted by Gasteiger charge is -2.27. The monoisotopic (exact) mass is 320 g/mol. The molecule has 4 heteroatoms. The molecule has 0 N–H and O–H groups in total. The molecular weight excluding hydrogens is 292 g/mol. The van der Waals surface area contributed by atoms with E-state index >= 15 is 0 Å². The normalized spacial score (nSPS) is 19.9. The van der Waals surface area contributed by atoms with Crippen molar-refractivity contribution in [3.05, 3.63) is 29.3 Å². The van der Waals surface area contributed by atoms with E-state index in [1.165, 1.54) is 50.0 Å². The maximum atomic E-state index is 5.98. The number of rotatable bonds is 6. The van der Waals surface area contributed by atoms with Crippen LogP contribution in [-0.2, 0) is 13.0 Å². The molecule has 1 fully saturated rings. The number of hydrogen-bond acceptors (Lipinski definition) is 4. The van der Waals surface area contributed by atoms with Gasteiger partial charge in [-0.1, -0.05) is 24.4 Å². The summed E-state index contributed by atoms with van der Waals surface area (Å²) in [5.74, 6) is 1.04. The van der Waals surface area contributed by atoms with E-state index in [1.807, 2.05) is 11.9 Å². The average molecular weight is 321 g/mol. The van der Waals surface area contributed by atoms with E-state index in [1.54, 1.807) is 0 Å². The Hall–Kier alpha value is -0.710. The molecule has 1 saturated heterocycles. The Morgan fingerprint density at radius 2 is 1.95 bits per heavy atom. The van der Waals surface area contributed by atoms with Crippen molar-refractivity contribution in [3.8, 4) is 5.75 Å². The molecule has 2 heterocycles. The summed E-state index contributed by atoms with van der Waals surface area (Å²) >= 11 is 1.84. The van der Waals surface area contributed by atoms with Crippen LogP contribution in [0.1, 0.15) is 36.8 Å². The van der Waals surface area contributed by atoms with E-state index in [2.05, 4.69) is 33.7 Å². The highest BCUT2D eigenvalue weighted by atomic mass is 32.2. The van der Waals surface area contributed by atoms with Crippen molar-refractivity contribution in [1.29, 1.82) is 0 Å². The number of ether oxygens (including phenoxy) is 1. The van der Waals surface area contributed by atoms with Gasteiger partial charge in [-0.2, -0.15) is 0 Å². The number of fused-ring (bicyclic) bond motifs is 1. The van der Waals surface area contributed by atoms with E-state index in [9.17, 15) is 0 Å². The minimum Gasteiger partial charge on any atom is -0.494 e. The Balaban J connectivity index is 1.44. The van der Waals surface area contributed by atoms with Crippen molar-refractivity contribution < 1.29 is 4.74 Å². The molecule has 1 aromatic rings. The maximum absolute atomic E-state index is 5.98. The predicted molar refractivity (Wildman–Crippen MR) is 94.5 cm³/mol. The van der Waals surface area contributed by atoms with Crippen molar-refractivity contribution in [3.63, 3.8) is 0 Å². The molecule has 2 aliphatic heterocycles. The van der Waals surface area contributed by atoms with E-state index < -0.39 is 0 Å². The summed E-state index contributed by atoms with van der Waals surface area (Å²) in [6.45, 7) is 6.78. The number of benzene rings is 1. The van der Waals surface area contributed by atoms with Crippen LogP contribution in [0.2, 0.25) is 0 Å². The van der Waals surface area contributed by atoms with Crippen LogP contribution in [0.3, 0.4) is 0 Å². The van der Waals surface area contributed by atoms with Gasteiger partial charge >= 0.3 is 0 Å². The van der Waals surface area contributed by atoms with Gasteiger partial charge in [-0.3, -0.25) is 0 Å². The van der Waals surface area contributed by atoms with E-state index in [-0.39, 0.29) is 0 Å². The molecule has 0 aliphatic carbocycles. The largest absolute Gasteiger partial charge is 0.494 e. The average Bonchev–Trinajstić information content (AvgIpc) is 2.59. The molecule has 1 aromatic carbocycles. The van der Waals surface area contributed by atoms with Crippen LogP contribution in [0.4, 0.5) is 0 Å². The molecule has 0 bridgehead atoms. The Kier molecular flexibility index (Phi) is 6.04. The van der Waals surface area contributed by atoms with E-state index in [0.29, 0.717) is 0 Å². The second-order valence-electron chi connectivity index (χ2n) is 6.33. The fraction of sp³-hybridized carbons (Fsp3) is 0.667. The quantitative estimate of drug-likeness (QED) is 0.588. The molecule has 0 amide bonds. The molecule has 0 radical (unpaired) electrons. The van der Waals surface area contributed by atoms with Crippen LogP contribution in [0.25, 0.3) is 0 Å². The predicted octanol–water partition coefficient (Wildman–Crippen LogP) is 3.58. The minimum absolute atomic E-state index is 0.835. The highest BCUT2D eigenvalue weighted by Crippen LogP contribution is 2.26. The van der Waals surface area contributed by atoms with Gasteiger partial charge in [0, 0.05) is 19.6 Å². The van der Waals surface area contributed by atoms with Gasteiger partial charge in [0.15, 0.2) is 0 Å². The Morgan fingerprint density at radius 1 is 1.09 bits per heavy atom. The van der Waals surface area contributed by atoms with Crippen molar-refractivity contribution in [1.82, 2.24) is 9.21 Å². The fourth-order valence-electron chi connectivity index (χ4n) is 3.41. The molecular formula is C18H28N2OS. The standard InChI is InChI=1S/C18H28N2OS/c1-22-20-12-8-16-6-7-18(14-17(16)15-20)21-13-5-11-19-9-3-2-4-10-19/h6-7,14H,2-5,8-13,15H2,1H3. The second kappa shape index (κ2) is 8.23. The molecule has 0 unspecified atom stereocenters. The zero-order chi connectivity index (χ0) is 15.2. The SMILES string of the molecule is CSN1CCc2ccc(OCCCN3CCCCC3)cc2C1. The zero-order valence-corrected chi connectivity index (χ0v) is 14.5. The first-order valence-corrected chi connectivity index (χ1v) is 9.79. The molecule has 0 spiro atoms. The first-order valence-electron chi connectivity index (χ1n) is 8.61. The zero-order valence-electron chi connectivity index (χ0n) is 13.7. The number of hydrogen-bond donors (Lipinski definition) is 0. The minimum atomic E-state index is 0.835.